The van der Waals surface area contributed by atoms with Crippen LogP contribution in [0.5, 0.6) is 5.19 Å². The highest BCUT2D eigenvalue weighted by atomic mass is 35.5. The predicted molar refractivity (Wildman–Crippen MR) is 101 cm³/mol. The lowest BCUT2D eigenvalue weighted by molar-refractivity contribution is 0.102. The number of ether oxygens (including phenoxy) is 1. The molecule has 3 aromatic rings. The Morgan fingerprint density at radius 3 is 2.81 bits per heavy atom. The van der Waals surface area contributed by atoms with Crippen molar-refractivity contribution >= 4 is 34.0 Å². The van der Waals surface area contributed by atoms with Gasteiger partial charge in [-0.25, -0.2) is 4.98 Å². The Hall–Kier alpha value is -2.58. The SMILES string of the molecule is CCc1c(C)ncc(C(=O)Nc2nnc(OC)s2)c1-c1ccnc(Cl)c1. The molecule has 0 saturated carbocycles. The van der Waals surface area contributed by atoms with Gasteiger partial charge in [0.25, 0.3) is 11.1 Å². The Balaban J connectivity index is 2.07. The molecule has 0 radical (unpaired) electrons. The normalized spacial score (nSPS) is 10.6. The lowest BCUT2D eigenvalue weighted by Crippen LogP contribution is -2.15. The van der Waals surface area contributed by atoms with Gasteiger partial charge in [-0.15, -0.1) is 5.10 Å². The Bertz CT molecular complexity index is 960. The predicted octanol–water partition coefficient (Wildman–Crippen LogP) is 3.78. The average molecular weight is 390 g/mol. The largest absolute Gasteiger partial charge is 0.472 e. The van der Waals surface area contributed by atoms with Gasteiger partial charge >= 0.3 is 0 Å². The number of rotatable bonds is 5. The van der Waals surface area contributed by atoms with Gasteiger partial charge in [0.2, 0.25) is 5.13 Å². The quantitative estimate of drug-likeness (QED) is 0.668. The number of carbonyl (C=O) groups excluding carboxylic acids is 1. The second-order valence-corrected chi connectivity index (χ2v) is 6.69. The number of methoxy groups -OCH3 is 1. The first-order chi connectivity index (χ1) is 12.5. The zero-order chi connectivity index (χ0) is 18.7. The third kappa shape index (κ3) is 3.66. The summed E-state index contributed by atoms with van der Waals surface area (Å²) in [5.74, 6) is -0.325. The zero-order valence-corrected chi connectivity index (χ0v) is 16.0. The Kier molecular flexibility index (Phi) is 5.43. The fourth-order valence-corrected chi connectivity index (χ4v) is 3.38. The van der Waals surface area contributed by atoms with Crippen LogP contribution in [0.3, 0.4) is 0 Å². The van der Waals surface area contributed by atoms with Crippen molar-refractivity contribution in [3.8, 4) is 16.3 Å². The number of anilines is 1. The molecule has 0 bridgehead atoms. The number of carbonyl (C=O) groups is 1. The number of aromatic nitrogens is 4. The van der Waals surface area contributed by atoms with Crippen LogP contribution in [-0.2, 0) is 6.42 Å². The van der Waals surface area contributed by atoms with Crippen molar-refractivity contribution < 1.29 is 9.53 Å². The molecule has 134 valence electrons. The molecule has 0 aromatic carbocycles. The van der Waals surface area contributed by atoms with Gasteiger partial charge in [0, 0.05) is 23.7 Å². The molecule has 1 amide bonds. The summed E-state index contributed by atoms with van der Waals surface area (Å²) < 4.78 is 5.00. The molecule has 0 saturated heterocycles. The van der Waals surface area contributed by atoms with Crippen molar-refractivity contribution in [3.05, 3.63) is 46.5 Å². The molecule has 9 heteroatoms. The van der Waals surface area contributed by atoms with Crippen LogP contribution >= 0.6 is 22.9 Å². The molecule has 0 aliphatic heterocycles. The van der Waals surface area contributed by atoms with E-state index in [0.29, 0.717) is 21.0 Å². The van der Waals surface area contributed by atoms with E-state index in [1.807, 2.05) is 19.9 Å². The van der Waals surface area contributed by atoms with Crippen LogP contribution < -0.4 is 10.1 Å². The fourth-order valence-electron chi connectivity index (χ4n) is 2.65. The molecule has 0 atom stereocenters. The maximum absolute atomic E-state index is 12.9. The van der Waals surface area contributed by atoms with Crippen LogP contribution in [0.1, 0.15) is 28.5 Å². The second kappa shape index (κ2) is 7.76. The molecule has 0 fully saturated rings. The number of nitrogens with zero attached hydrogens (tertiary/aromatic N) is 4. The lowest BCUT2D eigenvalue weighted by atomic mass is 9.93. The third-order valence-corrected chi connectivity index (χ3v) is 4.82. The van der Waals surface area contributed by atoms with E-state index in [4.69, 9.17) is 16.3 Å². The lowest BCUT2D eigenvalue weighted by Gasteiger charge is -2.15. The molecule has 26 heavy (non-hydrogen) atoms. The van der Waals surface area contributed by atoms with Crippen molar-refractivity contribution in [1.29, 1.82) is 0 Å². The first-order valence-corrected chi connectivity index (χ1v) is 9.02. The van der Waals surface area contributed by atoms with Gasteiger partial charge in [-0.2, -0.15) is 0 Å². The zero-order valence-electron chi connectivity index (χ0n) is 14.4. The molecular formula is C17H16ClN5O2S. The average Bonchev–Trinajstić information content (AvgIpc) is 3.08. The molecule has 0 spiro atoms. The molecular weight excluding hydrogens is 374 g/mol. The van der Waals surface area contributed by atoms with E-state index in [1.54, 1.807) is 18.5 Å². The van der Waals surface area contributed by atoms with Crippen molar-refractivity contribution in [2.75, 3.05) is 12.4 Å². The highest BCUT2D eigenvalue weighted by Gasteiger charge is 2.20. The van der Waals surface area contributed by atoms with Gasteiger partial charge in [-0.3, -0.25) is 15.1 Å². The molecule has 0 unspecified atom stereocenters. The van der Waals surface area contributed by atoms with Crippen molar-refractivity contribution in [3.63, 3.8) is 0 Å². The Morgan fingerprint density at radius 2 is 2.15 bits per heavy atom. The fraction of sp³-hybridized carbons (Fsp3) is 0.235. The summed E-state index contributed by atoms with van der Waals surface area (Å²) in [5.41, 5.74) is 3.88. The minimum Gasteiger partial charge on any atom is -0.472 e. The van der Waals surface area contributed by atoms with E-state index < -0.39 is 0 Å². The van der Waals surface area contributed by atoms with Crippen LogP contribution in [0.2, 0.25) is 5.15 Å². The number of nitrogens with one attached hydrogen (secondary N) is 1. The first-order valence-electron chi connectivity index (χ1n) is 7.82. The van der Waals surface area contributed by atoms with Crippen LogP contribution in [0.25, 0.3) is 11.1 Å². The van der Waals surface area contributed by atoms with Crippen molar-refractivity contribution in [2.24, 2.45) is 0 Å². The Labute approximate surface area is 159 Å². The summed E-state index contributed by atoms with van der Waals surface area (Å²) in [6, 6.07) is 3.56. The van der Waals surface area contributed by atoms with E-state index in [1.165, 1.54) is 7.11 Å². The molecule has 3 heterocycles. The topological polar surface area (TPSA) is 89.9 Å². The van der Waals surface area contributed by atoms with Crippen LogP contribution in [-0.4, -0.2) is 33.2 Å². The van der Waals surface area contributed by atoms with Crippen molar-refractivity contribution in [1.82, 2.24) is 20.2 Å². The number of amides is 1. The van der Waals surface area contributed by atoms with Gasteiger partial charge < -0.3 is 4.74 Å². The summed E-state index contributed by atoms with van der Waals surface area (Å²) >= 11 is 7.20. The van der Waals surface area contributed by atoms with E-state index in [-0.39, 0.29) is 5.91 Å². The van der Waals surface area contributed by atoms with Crippen LogP contribution in [0, 0.1) is 6.92 Å². The smallest absolute Gasteiger partial charge is 0.295 e. The monoisotopic (exact) mass is 389 g/mol. The molecule has 0 aliphatic rings. The van der Waals surface area contributed by atoms with E-state index in [0.717, 1.165) is 40.1 Å². The number of aryl methyl sites for hydroxylation is 1. The first kappa shape index (κ1) is 18.2. The van der Waals surface area contributed by atoms with Gasteiger partial charge in [-0.05, 0) is 47.9 Å². The number of hydrogen-bond donors (Lipinski definition) is 1. The molecule has 7 nitrogen and oxygen atoms in total. The van der Waals surface area contributed by atoms with Crippen molar-refractivity contribution in [2.45, 2.75) is 20.3 Å². The summed E-state index contributed by atoms with van der Waals surface area (Å²) in [7, 11) is 1.49. The van der Waals surface area contributed by atoms with E-state index in [2.05, 4.69) is 25.5 Å². The highest BCUT2D eigenvalue weighted by molar-refractivity contribution is 7.17. The minimum absolute atomic E-state index is 0.325. The van der Waals surface area contributed by atoms with Gasteiger partial charge in [0.1, 0.15) is 5.15 Å². The highest BCUT2D eigenvalue weighted by Crippen LogP contribution is 2.31. The standard InChI is InChI=1S/C17H16ClN5O2S/c1-4-11-9(2)20-8-12(14(11)10-5-6-19-13(18)7-10)15(24)21-16-22-23-17(25-3)26-16/h5-8H,4H2,1-3H3,(H,21,22,24). The summed E-state index contributed by atoms with van der Waals surface area (Å²) in [6.07, 6.45) is 3.90. The van der Waals surface area contributed by atoms with Crippen LogP contribution in [0.15, 0.2) is 24.5 Å². The number of hydrogen-bond acceptors (Lipinski definition) is 7. The molecule has 0 aliphatic carbocycles. The number of pyridine rings is 2. The second-order valence-electron chi connectivity index (χ2n) is 5.36. The summed E-state index contributed by atoms with van der Waals surface area (Å²) in [6.45, 7) is 3.94. The summed E-state index contributed by atoms with van der Waals surface area (Å²) in [5, 5.41) is 11.5. The maximum Gasteiger partial charge on any atom is 0.295 e. The Morgan fingerprint density at radius 1 is 1.35 bits per heavy atom. The molecule has 3 rings (SSSR count). The molecule has 1 N–H and O–H groups in total. The van der Waals surface area contributed by atoms with Gasteiger partial charge in [-0.1, -0.05) is 23.6 Å². The summed E-state index contributed by atoms with van der Waals surface area (Å²) in [4.78, 5) is 21.3. The molecule has 3 aromatic heterocycles. The maximum atomic E-state index is 12.9. The number of halogens is 1. The van der Waals surface area contributed by atoms with Gasteiger partial charge in [0.05, 0.1) is 12.7 Å². The minimum atomic E-state index is -0.325. The van der Waals surface area contributed by atoms with E-state index >= 15 is 0 Å². The van der Waals surface area contributed by atoms with Gasteiger partial charge in [0.15, 0.2) is 0 Å². The third-order valence-electron chi connectivity index (χ3n) is 3.81. The van der Waals surface area contributed by atoms with Crippen LogP contribution in [0.4, 0.5) is 5.13 Å². The van der Waals surface area contributed by atoms with E-state index in [9.17, 15) is 4.79 Å².